The van der Waals surface area contributed by atoms with Gasteiger partial charge in [0, 0.05) is 31.7 Å². The molecule has 0 radical (unpaired) electrons. The molecule has 3 heterocycles. The second-order valence-corrected chi connectivity index (χ2v) is 4.01. The maximum Gasteiger partial charge on any atom is 0.160 e. The molecule has 3 rings (SSSR count). The van der Waals surface area contributed by atoms with Gasteiger partial charge in [0.2, 0.25) is 0 Å². The number of nitrogens with one attached hydrogen (secondary N) is 1. The van der Waals surface area contributed by atoms with Crippen LogP contribution >= 0.6 is 0 Å². The molecule has 0 unspecified atom stereocenters. The number of pyridine rings is 1. The number of aromatic nitrogens is 4. The van der Waals surface area contributed by atoms with E-state index in [1.54, 1.807) is 17.9 Å². The fraction of sp³-hybridized carbons (Fsp3) is 0.167. The third kappa shape index (κ3) is 1.72. The van der Waals surface area contributed by atoms with Crippen LogP contribution in [-0.4, -0.2) is 24.3 Å². The van der Waals surface area contributed by atoms with Crippen molar-refractivity contribution in [3.8, 4) is 0 Å². The number of rotatable bonds is 3. The van der Waals surface area contributed by atoms with Gasteiger partial charge >= 0.3 is 0 Å². The summed E-state index contributed by atoms with van der Waals surface area (Å²) in [7, 11) is 1.80. The maximum absolute atomic E-state index is 9.13. The highest BCUT2D eigenvalue weighted by Gasteiger charge is 2.07. The molecule has 3 aromatic heterocycles. The first-order valence-corrected chi connectivity index (χ1v) is 5.60. The van der Waals surface area contributed by atoms with Gasteiger partial charge in [0.25, 0.3) is 0 Å². The van der Waals surface area contributed by atoms with Crippen LogP contribution in [0.25, 0.3) is 5.65 Å². The van der Waals surface area contributed by atoms with E-state index in [-0.39, 0.29) is 6.61 Å². The Morgan fingerprint density at radius 1 is 1.39 bits per heavy atom. The minimum absolute atomic E-state index is 0.0290. The standard InChI is InChI=1S/C12H13N5O/c1-16-9(8-18)7-11(15-16)14-10-3-2-5-17-6-4-13-12(10)17/h2-7,18H,8H2,1H3,(H,14,15). The van der Waals surface area contributed by atoms with Crippen molar-refractivity contribution in [2.45, 2.75) is 6.61 Å². The molecule has 92 valence electrons. The molecule has 6 heteroatoms. The topological polar surface area (TPSA) is 67.4 Å². The van der Waals surface area contributed by atoms with Crippen LogP contribution in [0, 0.1) is 0 Å². The summed E-state index contributed by atoms with van der Waals surface area (Å²) in [6.45, 7) is -0.0290. The number of hydrogen-bond donors (Lipinski definition) is 2. The van der Waals surface area contributed by atoms with Crippen molar-refractivity contribution in [1.82, 2.24) is 19.2 Å². The van der Waals surface area contributed by atoms with Gasteiger partial charge in [0.05, 0.1) is 18.0 Å². The zero-order chi connectivity index (χ0) is 12.5. The monoisotopic (exact) mass is 243 g/mol. The molecule has 0 aliphatic heterocycles. The first-order valence-electron chi connectivity index (χ1n) is 5.60. The number of nitrogens with zero attached hydrogens (tertiary/aromatic N) is 4. The minimum atomic E-state index is -0.0290. The van der Waals surface area contributed by atoms with Gasteiger partial charge < -0.3 is 14.8 Å². The largest absolute Gasteiger partial charge is 0.390 e. The zero-order valence-electron chi connectivity index (χ0n) is 9.91. The van der Waals surface area contributed by atoms with Crippen LogP contribution in [0.5, 0.6) is 0 Å². The van der Waals surface area contributed by atoms with Crippen molar-refractivity contribution in [3.05, 3.63) is 42.5 Å². The van der Waals surface area contributed by atoms with Crippen LogP contribution in [0.4, 0.5) is 11.5 Å². The molecule has 0 amide bonds. The van der Waals surface area contributed by atoms with Crippen LogP contribution in [-0.2, 0) is 13.7 Å². The third-order valence-electron chi connectivity index (χ3n) is 2.82. The summed E-state index contributed by atoms with van der Waals surface area (Å²) in [5.74, 6) is 0.692. The molecule has 0 saturated heterocycles. The minimum Gasteiger partial charge on any atom is -0.390 e. The smallest absolute Gasteiger partial charge is 0.160 e. The normalized spacial score (nSPS) is 11.0. The second-order valence-electron chi connectivity index (χ2n) is 4.01. The fourth-order valence-electron chi connectivity index (χ4n) is 1.90. The first-order chi connectivity index (χ1) is 8.78. The van der Waals surface area contributed by atoms with Crippen LogP contribution in [0.15, 0.2) is 36.8 Å². The maximum atomic E-state index is 9.13. The third-order valence-corrected chi connectivity index (χ3v) is 2.82. The Labute approximate surface area is 104 Å². The van der Waals surface area contributed by atoms with E-state index in [0.29, 0.717) is 5.82 Å². The lowest BCUT2D eigenvalue weighted by atomic mass is 10.4. The number of aryl methyl sites for hydroxylation is 1. The molecular weight excluding hydrogens is 230 g/mol. The van der Waals surface area contributed by atoms with Crippen molar-refractivity contribution < 1.29 is 5.11 Å². The Hall–Kier alpha value is -2.34. The van der Waals surface area contributed by atoms with Gasteiger partial charge in [-0.3, -0.25) is 4.68 Å². The quantitative estimate of drug-likeness (QED) is 0.727. The lowest BCUT2D eigenvalue weighted by Gasteiger charge is -2.04. The lowest BCUT2D eigenvalue weighted by molar-refractivity contribution is 0.270. The summed E-state index contributed by atoms with van der Waals surface area (Å²) in [5.41, 5.74) is 2.48. The van der Waals surface area contributed by atoms with Crippen molar-refractivity contribution in [3.63, 3.8) is 0 Å². The number of fused-ring (bicyclic) bond motifs is 1. The molecule has 0 saturated carbocycles. The SMILES string of the molecule is Cn1nc(Nc2cccn3ccnc23)cc1CO. The molecule has 0 aromatic carbocycles. The lowest BCUT2D eigenvalue weighted by Crippen LogP contribution is -1.98. The molecule has 0 aliphatic carbocycles. The van der Waals surface area contributed by atoms with E-state index in [2.05, 4.69) is 15.4 Å². The molecule has 0 spiro atoms. The van der Waals surface area contributed by atoms with E-state index in [0.717, 1.165) is 17.0 Å². The highest BCUT2D eigenvalue weighted by molar-refractivity contribution is 5.72. The summed E-state index contributed by atoms with van der Waals surface area (Å²) in [4.78, 5) is 4.28. The fourth-order valence-corrected chi connectivity index (χ4v) is 1.90. The van der Waals surface area contributed by atoms with Gasteiger partial charge in [-0.25, -0.2) is 4.98 Å². The van der Waals surface area contributed by atoms with Gasteiger partial charge in [0.15, 0.2) is 11.5 Å². The Morgan fingerprint density at radius 2 is 2.28 bits per heavy atom. The van der Waals surface area contributed by atoms with E-state index in [9.17, 15) is 0 Å². The van der Waals surface area contributed by atoms with Crippen molar-refractivity contribution in [2.24, 2.45) is 7.05 Å². The van der Waals surface area contributed by atoms with E-state index in [4.69, 9.17) is 5.11 Å². The number of anilines is 2. The average molecular weight is 243 g/mol. The summed E-state index contributed by atoms with van der Waals surface area (Å²) in [6.07, 6.45) is 5.57. The van der Waals surface area contributed by atoms with E-state index >= 15 is 0 Å². The number of imidazole rings is 1. The molecule has 0 bridgehead atoms. The van der Waals surface area contributed by atoms with Crippen molar-refractivity contribution >= 4 is 17.2 Å². The van der Waals surface area contributed by atoms with Crippen LogP contribution in [0.1, 0.15) is 5.69 Å². The molecule has 18 heavy (non-hydrogen) atoms. The number of aliphatic hydroxyl groups excluding tert-OH is 1. The Balaban J connectivity index is 1.98. The van der Waals surface area contributed by atoms with Crippen molar-refractivity contribution in [2.75, 3.05) is 5.32 Å². The molecule has 2 N–H and O–H groups in total. The van der Waals surface area contributed by atoms with E-state index in [1.807, 2.05) is 35.0 Å². The van der Waals surface area contributed by atoms with Crippen LogP contribution < -0.4 is 5.32 Å². The summed E-state index contributed by atoms with van der Waals surface area (Å²) < 4.78 is 3.58. The number of aliphatic hydroxyl groups is 1. The van der Waals surface area contributed by atoms with Gasteiger partial charge in [0.1, 0.15) is 0 Å². The summed E-state index contributed by atoms with van der Waals surface area (Å²) >= 11 is 0. The molecule has 0 aliphatic rings. The Kier molecular flexibility index (Phi) is 2.49. The first kappa shape index (κ1) is 10.8. The summed E-state index contributed by atoms with van der Waals surface area (Å²) in [5, 5.41) is 16.6. The Morgan fingerprint density at radius 3 is 3.06 bits per heavy atom. The second kappa shape index (κ2) is 4.15. The van der Waals surface area contributed by atoms with Gasteiger partial charge in [-0.2, -0.15) is 5.10 Å². The average Bonchev–Trinajstić information content (AvgIpc) is 2.96. The zero-order valence-corrected chi connectivity index (χ0v) is 9.91. The van der Waals surface area contributed by atoms with Crippen LogP contribution in [0.3, 0.4) is 0 Å². The van der Waals surface area contributed by atoms with Gasteiger partial charge in [-0.05, 0) is 12.1 Å². The van der Waals surface area contributed by atoms with Gasteiger partial charge in [-0.1, -0.05) is 0 Å². The molecule has 0 atom stereocenters. The molecule has 3 aromatic rings. The van der Waals surface area contributed by atoms with E-state index in [1.165, 1.54) is 0 Å². The highest BCUT2D eigenvalue weighted by Crippen LogP contribution is 2.20. The van der Waals surface area contributed by atoms with Crippen molar-refractivity contribution in [1.29, 1.82) is 0 Å². The predicted molar refractivity (Wildman–Crippen MR) is 67.6 cm³/mol. The molecular formula is C12H13N5O. The van der Waals surface area contributed by atoms with E-state index < -0.39 is 0 Å². The highest BCUT2D eigenvalue weighted by atomic mass is 16.3. The Bertz CT molecular complexity index is 685. The predicted octanol–water partition coefficient (Wildman–Crippen LogP) is 1.30. The number of hydrogen-bond acceptors (Lipinski definition) is 4. The van der Waals surface area contributed by atoms with Crippen LogP contribution in [0.2, 0.25) is 0 Å². The van der Waals surface area contributed by atoms with Gasteiger partial charge in [-0.15, -0.1) is 0 Å². The molecule has 6 nitrogen and oxygen atoms in total. The molecule has 0 fully saturated rings. The summed E-state index contributed by atoms with van der Waals surface area (Å²) in [6, 6.07) is 5.69.